The van der Waals surface area contributed by atoms with E-state index in [1.165, 1.54) is 30.4 Å². The Morgan fingerprint density at radius 3 is 2.40 bits per heavy atom. The molecule has 7 atom stereocenters. The van der Waals surface area contributed by atoms with Crippen LogP contribution in [0.25, 0.3) is 0 Å². The second kappa shape index (κ2) is 12.4. The Bertz CT molecular complexity index is 1800. The molecule has 0 radical (unpaired) electrons. The number of rotatable bonds is 9. The molecular formula is C42H53NO4S. The minimum Gasteiger partial charge on any atom is -0.459 e. The lowest BCUT2D eigenvalue weighted by Crippen LogP contribution is -2.49. The number of fused-ring (bicyclic) bond motifs is 2. The van der Waals surface area contributed by atoms with Gasteiger partial charge in [0.05, 0.1) is 10.5 Å². The molecule has 4 aliphatic carbocycles. The Kier molecular flexibility index (Phi) is 8.66. The van der Waals surface area contributed by atoms with Gasteiger partial charge in [-0.3, -0.25) is 0 Å². The van der Waals surface area contributed by atoms with Crippen molar-refractivity contribution >= 4 is 15.8 Å². The van der Waals surface area contributed by atoms with Crippen molar-refractivity contribution < 1.29 is 17.9 Å². The zero-order valence-electron chi connectivity index (χ0n) is 29.7. The SMILES string of the molecule is Cc1ccc(S(=O)(=O)c2nc3c4c5c2CC([C@H](C)CCCC(C)C)C5(C)CCC4C2(C)CC[C@H](OC(=O)c4ccccc4)C[C@@H]2C3)cc1. The monoisotopic (exact) mass is 667 g/mol. The zero-order valence-corrected chi connectivity index (χ0v) is 30.5. The van der Waals surface area contributed by atoms with E-state index in [0.717, 1.165) is 61.8 Å². The van der Waals surface area contributed by atoms with Crippen LogP contribution in [0.15, 0.2) is 64.5 Å². The van der Waals surface area contributed by atoms with Crippen molar-refractivity contribution in [1.29, 1.82) is 0 Å². The Labute approximate surface area is 288 Å². The van der Waals surface area contributed by atoms with Gasteiger partial charge in [-0.2, -0.15) is 0 Å². The highest BCUT2D eigenvalue weighted by Crippen LogP contribution is 2.66. The third-order valence-corrected chi connectivity index (χ3v) is 14.9. The number of hydrogen-bond donors (Lipinski definition) is 0. The molecule has 4 aliphatic rings. The average Bonchev–Trinajstić information content (AvgIpc) is 3.37. The van der Waals surface area contributed by atoms with Crippen molar-refractivity contribution in [3.8, 4) is 0 Å². The van der Waals surface area contributed by atoms with Crippen LogP contribution in [-0.4, -0.2) is 25.5 Å². The van der Waals surface area contributed by atoms with Crippen LogP contribution in [0, 0.1) is 36.0 Å². The standard InChI is InChI=1S/C42H53NO4S/c1-26(2)11-10-12-28(4)35-25-33-38-37-34(20-22-42(35,38)6)41(5)21-19-31(47-40(44)29-13-8-7-9-14-29)23-30(41)24-36(37)43-39(33)48(45,46)32-17-15-27(3)16-18-32/h7-9,13-18,26,28,30-31,34-35H,10-12,19-25H2,1-6H3/t28-,30-,31+,34?,35?,41?,42?/m1/s1. The predicted molar refractivity (Wildman–Crippen MR) is 190 cm³/mol. The lowest BCUT2D eigenvalue weighted by Gasteiger charge is -2.56. The summed E-state index contributed by atoms with van der Waals surface area (Å²) in [5.41, 5.74) is 6.36. The summed E-state index contributed by atoms with van der Waals surface area (Å²) in [6.07, 6.45) is 9.84. The zero-order chi connectivity index (χ0) is 34.0. The molecule has 256 valence electrons. The van der Waals surface area contributed by atoms with Gasteiger partial charge in [-0.1, -0.05) is 89.8 Å². The molecule has 0 bridgehead atoms. The normalized spacial score (nSPS) is 29.6. The maximum atomic E-state index is 14.6. The summed E-state index contributed by atoms with van der Waals surface area (Å²) < 4.78 is 35.2. The summed E-state index contributed by atoms with van der Waals surface area (Å²) in [6.45, 7) is 13.9. The van der Waals surface area contributed by atoms with Gasteiger partial charge in [0.1, 0.15) is 6.10 Å². The Morgan fingerprint density at radius 1 is 0.958 bits per heavy atom. The minimum absolute atomic E-state index is 0.0563. The van der Waals surface area contributed by atoms with Crippen molar-refractivity contribution in [3.05, 3.63) is 88.1 Å². The van der Waals surface area contributed by atoms with Crippen LogP contribution in [0.3, 0.4) is 0 Å². The molecule has 0 spiro atoms. The smallest absolute Gasteiger partial charge is 0.338 e. The third-order valence-electron chi connectivity index (χ3n) is 13.2. The molecule has 0 aliphatic heterocycles. The summed E-state index contributed by atoms with van der Waals surface area (Å²) in [5, 5.41) is 0.301. The van der Waals surface area contributed by atoms with Crippen molar-refractivity contribution in [2.75, 3.05) is 0 Å². The van der Waals surface area contributed by atoms with Gasteiger partial charge in [0.15, 0.2) is 5.03 Å². The van der Waals surface area contributed by atoms with E-state index in [0.29, 0.717) is 39.2 Å². The fraction of sp³-hybridized carbons (Fsp3) is 0.571. The molecule has 5 nitrogen and oxygen atoms in total. The highest BCUT2D eigenvalue weighted by atomic mass is 32.2. The number of aryl methyl sites for hydroxylation is 1. The number of carbonyl (C=O) groups excluding carboxylic acids is 1. The number of nitrogens with zero attached hydrogens (tertiary/aromatic N) is 1. The van der Waals surface area contributed by atoms with Crippen LogP contribution >= 0.6 is 0 Å². The largest absolute Gasteiger partial charge is 0.459 e. The summed E-state index contributed by atoms with van der Waals surface area (Å²) in [5.74, 6) is 1.96. The second-order valence-electron chi connectivity index (χ2n) is 16.6. The Balaban J connectivity index is 1.29. The van der Waals surface area contributed by atoms with Crippen LogP contribution in [0.5, 0.6) is 0 Å². The van der Waals surface area contributed by atoms with Gasteiger partial charge in [0.2, 0.25) is 9.84 Å². The molecule has 1 saturated carbocycles. The van der Waals surface area contributed by atoms with Gasteiger partial charge in [0, 0.05) is 5.69 Å². The van der Waals surface area contributed by atoms with E-state index in [1.54, 1.807) is 12.1 Å². The summed E-state index contributed by atoms with van der Waals surface area (Å²) in [7, 11) is -3.82. The summed E-state index contributed by atoms with van der Waals surface area (Å²) in [6, 6.07) is 16.5. The number of esters is 1. The number of ether oxygens (including phenoxy) is 1. The van der Waals surface area contributed by atoms with Crippen molar-refractivity contribution in [3.63, 3.8) is 0 Å². The van der Waals surface area contributed by atoms with Gasteiger partial charge in [-0.25, -0.2) is 18.2 Å². The molecule has 0 saturated heterocycles. The van der Waals surface area contributed by atoms with Crippen molar-refractivity contribution in [2.45, 2.75) is 133 Å². The van der Waals surface area contributed by atoms with Crippen LogP contribution in [-0.2, 0) is 32.8 Å². The van der Waals surface area contributed by atoms with E-state index < -0.39 is 9.84 Å². The fourth-order valence-electron chi connectivity index (χ4n) is 10.4. The molecule has 1 aromatic heterocycles. The van der Waals surface area contributed by atoms with E-state index in [9.17, 15) is 13.2 Å². The molecule has 0 N–H and O–H groups in total. The predicted octanol–water partition coefficient (Wildman–Crippen LogP) is 9.58. The Morgan fingerprint density at radius 2 is 1.69 bits per heavy atom. The van der Waals surface area contributed by atoms with Gasteiger partial charge in [-0.05, 0) is 133 Å². The van der Waals surface area contributed by atoms with Gasteiger partial charge < -0.3 is 4.74 Å². The first-order chi connectivity index (χ1) is 22.8. The quantitative estimate of drug-likeness (QED) is 0.213. The summed E-state index contributed by atoms with van der Waals surface area (Å²) >= 11 is 0. The number of hydrogen-bond acceptors (Lipinski definition) is 5. The molecule has 3 aromatic rings. The maximum Gasteiger partial charge on any atom is 0.338 e. The first-order valence-electron chi connectivity index (χ1n) is 18.5. The lowest BCUT2D eigenvalue weighted by molar-refractivity contribution is -0.0331. The van der Waals surface area contributed by atoms with E-state index in [-0.39, 0.29) is 28.8 Å². The molecule has 4 unspecified atom stereocenters. The first kappa shape index (κ1) is 33.5. The van der Waals surface area contributed by atoms with E-state index in [2.05, 4.69) is 34.6 Å². The highest BCUT2D eigenvalue weighted by molar-refractivity contribution is 7.91. The molecule has 2 aromatic carbocycles. The molecule has 48 heavy (non-hydrogen) atoms. The van der Waals surface area contributed by atoms with Crippen LogP contribution in [0.4, 0.5) is 0 Å². The summed E-state index contributed by atoms with van der Waals surface area (Å²) in [4.78, 5) is 18.6. The first-order valence-corrected chi connectivity index (χ1v) is 19.9. The van der Waals surface area contributed by atoms with Gasteiger partial charge >= 0.3 is 5.97 Å². The number of carbonyl (C=O) groups is 1. The van der Waals surface area contributed by atoms with Crippen LogP contribution in [0.1, 0.15) is 130 Å². The third kappa shape index (κ3) is 5.54. The lowest BCUT2D eigenvalue weighted by atomic mass is 9.49. The van der Waals surface area contributed by atoms with E-state index in [1.807, 2.05) is 49.4 Å². The molecule has 0 amide bonds. The van der Waals surface area contributed by atoms with E-state index >= 15 is 0 Å². The number of aromatic nitrogens is 1. The van der Waals surface area contributed by atoms with E-state index in [4.69, 9.17) is 9.72 Å². The second-order valence-corrected chi connectivity index (χ2v) is 18.5. The average molecular weight is 668 g/mol. The van der Waals surface area contributed by atoms with Crippen molar-refractivity contribution in [2.24, 2.45) is 29.1 Å². The molecule has 7 rings (SSSR count). The van der Waals surface area contributed by atoms with Gasteiger partial charge in [-0.15, -0.1) is 0 Å². The number of benzene rings is 2. The number of pyridine rings is 1. The maximum absolute atomic E-state index is 14.6. The Hall–Kier alpha value is -2.99. The van der Waals surface area contributed by atoms with Crippen LogP contribution < -0.4 is 0 Å². The molecule has 1 fully saturated rings. The minimum atomic E-state index is -3.82. The van der Waals surface area contributed by atoms with Gasteiger partial charge in [0.25, 0.3) is 0 Å². The molecule has 1 heterocycles. The topological polar surface area (TPSA) is 73.3 Å². The molecule has 6 heteroatoms. The fourth-order valence-corrected chi connectivity index (χ4v) is 11.9. The van der Waals surface area contributed by atoms with Crippen LogP contribution in [0.2, 0.25) is 0 Å². The molecular weight excluding hydrogens is 615 g/mol. The highest BCUT2D eigenvalue weighted by Gasteiger charge is 2.58. The number of sulfone groups is 1. The van der Waals surface area contributed by atoms with Crippen molar-refractivity contribution in [1.82, 2.24) is 4.98 Å².